The lowest BCUT2D eigenvalue weighted by atomic mass is 10.4. The van der Waals surface area contributed by atoms with Crippen molar-refractivity contribution >= 4 is 17.3 Å². The summed E-state index contributed by atoms with van der Waals surface area (Å²) in [5, 5.41) is 17.8. The normalized spacial score (nSPS) is 11.7. The van der Waals surface area contributed by atoms with E-state index in [-0.39, 0.29) is 0 Å². The van der Waals surface area contributed by atoms with E-state index >= 15 is 0 Å². The number of hydrogen-bond acceptors (Lipinski definition) is 5. The topological polar surface area (TPSA) is 80.0 Å². The molecule has 8 heteroatoms. The Morgan fingerprint density at radius 3 is 2.86 bits per heavy atom. The molecule has 0 spiro atoms. The summed E-state index contributed by atoms with van der Waals surface area (Å²) in [5.41, 5.74) is 1.05. The molecule has 2 N–H and O–H groups in total. The van der Waals surface area contributed by atoms with Gasteiger partial charge in [-0.3, -0.25) is 4.99 Å². The molecule has 0 amide bonds. The first-order valence-corrected chi connectivity index (χ1v) is 8.39. The van der Waals surface area contributed by atoms with Crippen LogP contribution < -0.4 is 10.6 Å². The van der Waals surface area contributed by atoms with Gasteiger partial charge in [0, 0.05) is 31.9 Å². The van der Waals surface area contributed by atoms with Crippen LogP contribution in [-0.2, 0) is 25.9 Å². The molecule has 0 aliphatic rings. The Bertz CT molecular complexity index is 602. The van der Waals surface area contributed by atoms with Crippen LogP contribution in [0.3, 0.4) is 0 Å². The first-order chi connectivity index (χ1) is 10.8. The Labute approximate surface area is 134 Å². The predicted molar refractivity (Wildman–Crippen MR) is 89.1 cm³/mol. The molecule has 0 atom stereocenters. The second-order valence-corrected chi connectivity index (χ2v) is 5.68. The maximum absolute atomic E-state index is 4.53. The van der Waals surface area contributed by atoms with Crippen molar-refractivity contribution in [1.82, 2.24) is 30.4 Å². The molecule has 0 radical (unpaired) electrons. The molecule has 2 aromatic rings. The molecule has 22 heavy (non-hydrogen) atoms. The Morgan fingerprint density at radius 2 is 2.18 bits per heavy atom. The van der Waals surface area contributed by atoms with E-state index in [4.69, 9.17) is 0 Å². The fourth-order valence-electron chi connectivity index (χ4n) is 2.02. The number of aliphatic imine (C=N–C) groups is 1. The largest absolute Gasteiger partial charge is 0.355 e. The monoisotopic (exact) mass is 321 g/mol. The van der Waals surface area contributed by atoms with Crippen molar-refractivity contribution in [2.75, 3.05) is 13.6 Å². The molecule has 2 heterocycles. The van der Waals surface area contributed by atoms with Crippen LogP contribution in [-0.4, -0.2) is 39.3 Å². The van der Waals surface area contributed by atoms with Gasteiger partial charge in [-0.1, -0.05) is 13.8 Å². The van der Waals surface area contributed by atoms with Crippen molar-refractivity contribution in [2.24, 2.45) is 4.99 Å². The average Bonchev–Trinajstić information content (AvgIpc) is 3.19. The van der Waals surface area contributed by atoms with Gasteiger partial charge in [0.05, 0.1) is 17.2 Å². The minimum atomic E-state index is 0.684. The molecule has 0 saturated heterocycles. The molecule has 0 aliphatic heterocycles. The van der Waals surface area contributed by atoms with E-state index in [9.17, 15) is 0 Å². The van der Waals surface area contributed by atoms with Gasteiger partial charge in [-0.25, -0.2) is 4.98 Å². The molecular formula is C14H23N7S. The van der Waals surface area contributed by atoms with E-state index in [1.807, 2.05) is 4.57 Å². The summed E-state index contributed by atoms with van der Waals surface area (Å²) in [4.78, 5) is 8.75. The molecule has 120 valence electrons. The van der Waals surface area contributed by atoms with Gasteiger partial charge < -0.3 is 15.2 Å². The zero-order chi connectivity index (χ0) is 15.8. The molecule has 0 bridgehead atoms. The van der Waals surface area contributed by atoms with Crippen LogP contribution in [0.15, 0.2) is 16.7 Å². The van der Waals surface area contributed by atoms with Crippen LogP contribution in [0.1, 0.15) is 30.4 Å². The summed E-state index contributed by atoms with van der Waals surface area (Å²) >= 11 is 1.70. The highest BCUT2D eigenvalue weighted by molar-refractivity contribution is 7.09. The minimum Gasteiger partial charge on any atom is -0.355 e. The SMILES string of the molecule is CCc1nc(CNC(=NC)NCCn2cnnc2CC)cs1. The number of rotatable bonds is 7. The van der Waals surface area contributed by atoms with E-state index in [1.165, 1.54) is 5.01 Å². The highest BCUT2D eigenvalue weighted by Gasteiger charge is 2.04. The van der Waals surface area contributed by atoms with E-state index in [0.717, 1.165) is 43.4 Å². The third kappa shape index (κ3) is 4.52. The molecule has 0 unspecified atom stereocenters. The van der Waals surface area contributed by atoms with Crippen LogP contribution in [0.25, 0.3) is 0 Å². The molecule has 2 rings (SSSR count). The first kappa shape index (κ1) is 16.4. The number of hydrogen-bond donors (Lipinski definition) is 2. The second kappa shape index (κ2) is 8.47. The smallest absolute Gasteiger partial charge is 0.191 e. The number of nitrogens with one attached hydrogen (secondary N) is 2. The highest BCUT2D eigenvalue weighted by Crippen LogP contribution is 2.09. The average molecular weight is 321 g/mol. The molecule has 7 nitrogen and oxygen atoms in total. The lowest BCUT2D eigenvalue weighted by Crippen LogP contribution is -2.38. The van der Waals surface area contributed by atoms with Crippen LogP contribution in [0.4, 0.5) is 0 Å². The van der Waals surface area contributed by atoms with E-state index < -0.39 is 0 Å². The third-order valence-corrected chi connectivity index (χ3v) is 4.26. The number of nitrogens with zero attached hydrogens (tertiary/aromatic N) is 5. The summed E-state index contributed by atoms with van der Waals surface area (Å²) in [6, 6.07) is 0. The van der Waals surface area contributed by atoms with Gasteiger partial charge in [0.2, 0.25) is 0 Å². The predicted octanol–water partition coefficient (Wildman–Crippen LogP) is 1.22. The number of aryl methyl sites for hydroxylation is 2. The quantitative estimate of drug-likeness (QED) is 0.592. The van der Waals surface area contributed by atoms with Crippen LogP contribution in [0, 0.1) is 0 Å². The molecule has 2 aromatic heterocycles. The standard InChI is InChI=1S/C14H23N7S/c1-4-12-20-18-10-21(12)7-6-16-14(15-3)17-8-11-9-22-13(5-2)19-11/h9-10H,4-8H2,1-3H3,(H2,15,16,17). The van der Waals surface area contributed by atoms with Crippen molar-refractivity contribution in [3.8, 4) is 0 Å². The highest BCUT2D eigenvalue weighted by atomic mass is 32.1. The van der Waals surface area contributed by atoms with Crippen molar-refractivity contribution in [3.05, 3.63) is 28.2 Å². The van der Waals surface area contributed by atoms with Gasteiger partial charge in [-0.15, -0.1) is 21.5 Å². The zero-order valence-electron chi connectivity index (χ0n) is 13.3. The van der Waals surface area contributed by atoms with Crippen molar-refractivity contribution in [2.45, 2.75) is 39.8 Å². The fraction of sp³-hybridized carbons (Fsp3) is 0.571. The van der Waals surface area contributed by atoms with Gasteiger partial charge in [0.1, 0.15) is 12.2 Å². The molecule has 0 aromatic carbocycles. The van der Waals surface area contributed by atoms with Crippen LogP contribution >= 0.6 is 11.3 Å². The Hall–Kier alpha value is -1.96. The van der Waals surface area contributed by atoms with Gasteiger partial charge in [-0.05, 0) is 6.42 Å². The second-order valence-electron chi connectivity index (χ2n) is 4.73. The molecule has 0 fully saturated rings. The Morgan fingerprint density at radius 1 is 1.32 bits per heavy atom. The van der Waals surface area contributed by atoms with Crippen LogP contribution in [0.5, 0.6) is 0 Å². The number of guanidine groups is 1. The van der Waals surface area contributed by atoms with Gasteiger partial charge in [0.15, 0.2) is 5.96 Å². The summed E-state index contributed by atoms with van der Waals surface area (Å²) in [6.45, 7) is 6.46. The van der Waals surface area contributed by atoms with E-state index in [2.05, 4.69) is 50.0 Å². The van der Waals surface area contributed by atoms with Crippen molar-refractivity contribution in [3.63, 3.8) is 0 Å². The summed E-state index contributed by atoms with van der Waals surface area (Å²) in [5.74, 6) is 1.77. The van der Waals surface area contributed by atoms with Gasteiger partial charge >= 0.3 is 0 Å². The van der Waals surface area contributed by atoms with E-state index in [0.29, 0.717) is 6.54 Å². The maximum atomic E-state index is 4.53. The summed E-state index contributed by atoms with van der Waals surface area (Å²) < 4.78 is 2.05. The number of aromatic nitrogens is 4. The third-order valence-electron chi connectivity index (χ3n) is 3.22. The van der Waals surface area contributed by atoms with Crippen LogP contribution in [0.2, 0.25) is 0 Å². The maximum Gasteiger partial charge on any atom is 0.191 e. The lowest BCUT2D eigenvalue weighted by molar-refractivity contribution is 0.632. The minimum absolute atomic E-state index is 0.684. The van der Waals surface area contributed by atoms with Crippen molar-refractivity contribution < 1.29 is 0 Å². The molecule has 0 saturated carbocycles. The van der Waals surface area contributed by atoms with Crippen molar-refractivity contribution in [1.29, 1.82) is 0 Å². The van der Waals surface area contributed by atoms with Gasteiger partial charge in [0.25, 0.3) is 0 Å². The van der Waals surface area contributed by atoms with E-state index in [1.54, 1.807) is 24.7 Å². The Kier molecular flexibility index (Phi) is 6.32. The molecule has 0 aliphatic carbocycles. The van der Waals surface area contributed by atoms with Gasteiger partial charge in [-0.2, -0.15) is 0 Å². The lowest BCUT2D eigenvalue weighted by Gasteiger charge is -2.11. The molecular weight excluding hydrogens is 298 g/mol. The fourth-order valence-corrected chi connectivity index (χ4v) is 2.77. The summed E-state index contributed by atoms with van der Waals surface area (Å²) in [6.07, 6.45) is 3.63. The number of thiazole rings is 1. The summed E-state index contributed by atoms with van der Waals surface area (Å²) in [7, 11) is 1.77. The zero-order valence-corrected chi connectivity index (χ0v) is 14.2. The Balaban J connectivity index is 1.75. The first-order valence-electron chi connectivity index (χ1n) is 7.51.